The van der Waals surface area contributed by atoms with Crippen molar-refractivity contribution < 1.29 is 22.7 Å². The Kier molecular flexibility index (Phi) is 10.3. The standard InChI is InChI=1S/C31H36ClN3O5S/c1-3-28(31(37)33-24-11-7-8-12-24)34(21-23-17-19-25(40-2)20-18-23)30(36)22-35(29-16-10-9-15-27(29)32)41(38,39)26-13-5-4-6-14-26/h4-6,9-10,13-20,24,28H,3,7-8,11-12,21-22H2,1-2H3,(H,33,37)/t28-/m1/s1. The van der Waals surface area contributed by atoms with E-state index in [9.17, 15) is 18.0 Å². The van der Waals surface area contributed by atoms with E-state index in [0.29, 0.717) is 12.2 Å². The van der Waals surface area contributed by atoms with Crippen LogP contribution < -0.4 is 14.4 Å². The fourth-order valence-corrected chi connectivity index (χ4v) is 6.84. The van der Waals surface area contributed by atoms with Crippen LogP contribution in [0.4, 0.5) is 5.69 Å². The molecule has 10 heteroatoms. The number of rotatable bonds is 12. The number of carbonyl (C=O) groups excluding carboxylic acids is 2. The van der Waals surface area contributed by atoms with Crippen molar-refractivity contribution in [3.05, 3.63) is 89.4 Å². The fraction of sp³-hybridized carbons (Fsp3) is 0.355. The lowest BCUT2D eigenvalue weighted by Crippen LogP contribution is -2.53. The van der Waals surface area contributed by atoms with Crippen LogP contribution in [0.5, 0.6) is 5.75 Å². The number of amides is 2. The normalized spacial score (nSPS) is 14.3. The number of anilines is 1. The van der Waals surface area contributed by atoms with E-state index in [-0.39, 0.29) is 34.1 Å². The van der Waals surface area contributed by atoms with Crippen LogP contribution in [0.25, 0.3) is 0 Å². The summed E-state index contributed by atoms with van der Waals surface area (Å²) in [6, 6.07) is 20.9. The Morgan fingerprint density at radius 3 is 2.22 bits per heavy atom. The molecule has 2 amide bonds. The maximum atomic E-state index is 14.2. The summed E-state index contributed by atoms with van der Waals surface area (Å²) in [7, 11) is -2.60. The molecule has 1 N–H and O–H groups in total. The minimum atomic E-state index is -4.17. The van der Waals surface area contributed by atoms with Crippen LogP contribution in [0, 0.1) is 0 Å². The third-order valence-corrected chi connectivity index (χ3v) is 9.42. The first-order valence-electron chi connectivity index (χ1n) is 13.8. The molecule has 0 spiro atoms. The number of benzene rings is 3. The number of carbonyl (C=O) groups is 2. The van der Waals surface area contributed by atoms with Crippen LogP contribution >= 0.6 is 11.6 Å². The number of sulfonamides is 1. The van der Waals surface area contributed by atoms with Crippen molar-refractivity contribution in [3.8, 4) is 5.75 Å². The number of nitrogens with one attached hydrogen (secondary N) is 1. The number of hydrogen-bond donors (Lipinski definition) is 1. The van der Waals surface area contributed by atoms with Gasteiger partial charge in [0.1, 0.15) is 18.3 Å². The maximum absolute atomic E-state index is 14.2. The minimum absolute atomic E-state index is 0.0282. The molecule has 1 fully saturated rings. The quantitative estimate of drug-likeness (QED) is 0.301. The van der Waals surface area contributed by atoms with E-state index in [2.05, 4.69) is 5.32 Å². The highest BCUT2D eigenvalue weighted by atomic mass is 35.5. The van der Waals surface area contributed by atoms with Crippen LogP contribution in [0.2, 0.25) is 5.02 Å². The summed E-state index contributed by atoms with van der Waals surface area (Å²) in [5.74, 6) is -0.0957. The van der Waals surface area contributed by atoms with Gasteiger partial charge in [-0.15, -0.1) is 0 Å². The van der Waals surface area contributed by atoms with Gasteiger partial charge in [-0.2, -0.15) is 0 Å². The molecule has 0 bridgehead atoms. The highest BCUT2D eigenvalue weighted by molar-refractivity contribution is 7.92. The molecule has 1 saturated carbocycles. The van der Waals surface area contributed by atoms with Gasteiger partial charge in [0, 0.05) is 12.6 Å². The lowest BCUT2D eigenvalue weighted by molar-refractivity contribution is -0.140. The summed E-state index contributed by atoms with van der Waals surface area (Å²) >= 11 is 6.46. The maximum Gasteiger partial charge on any atom is 0.264 e. The van der Waals surface area contributed by atoms with Crippen LogP contribution in [0.1, 0.15) is 44.6 Å². The van der Waals surface area contributed by atoms with Crippen molar-refractivity contribution >= 4 is 39.1 Å². The summed E-state index contributed by atoms with van der Waals surface area (Å²) in [6.07, 6.45) is 4.28. The van der Waals surface area contributed by atoms with Crippen molar-refractivity contribution in [2.75, 3.05) is 18.0 Å². The molecular weight excluding hydrogens is 562 g/mol. The molecule has 3 aromatic carbocycles. The molecule has 0 aliphatic heterocycles. The molecule has 1 atom stereocenters. The van der Waals surface area contributed by atoms with Gasteiger partial charge in [0.05, 0.1) is 22.7 Å². The molecule has 218 valence electrons. The minimum Gasteiger partial charge on any atom is -0.497 e. The van der Waals surface area contributed by atoms with E-state index in [1.807, 2.05) is 19.1 Å². The first-order chi connectivity index (χ1) is 19.7. The molecule has 3 aromatic rings. The van der Waals surface area contributed by atoms with E-state index in [1.54, 1.807) is 61.7 Å². The lowest BCUT2D eigenvalue weighted by atomic mass is 10.1. The number of nitrogens with zero attached hydrogens (tertiary/aromatic N) is 2. The molecule has 8 nitrogen and oxygen atoms in total. The number of methoxy groups -OCH3 is 1. The third-order valence-electron chi connectivity index (χ3n) is 7.33. The van der Waals surface area contributed by atoms with Gasteiger partial charge in [-0.3, -0.25) is 13.9 Å². The van der Waals surface area contributed by atoms with Gasteiger partial charge in [-0.1, -0.05) is 73.8 Å². The zero-order valence-electron chi connectivity index (χ0n) is 23.3. The zero-order chi connectivity index (χ0) is 29.4. The second kappa shape index (κ2) is 13.9. The van der Waals surface area contributed by atoms with Crippen molar-refractivity contribution in [1.29, 1.82) is 0 Å². The fourth-order valence-electron chi connectivity index (χ4n) is 5.10. The van der Waals surface area contributed by atoms with E-state index in [1.165, 1.54) is 17.0 Å². The van der Waals surface area contributed by atoms with Gasteiger partial charge in [-0.05, 0) is 61.2 Å². The van der Waals surface area contributed by atoms with Gasteiger partial charge >= 0.3 is 0 Å². The largest absolute Gasteiger partial charge is 0.497 e. The average molecular weight is 598 g/mol. The van der Waals surface area contributed by atoms with Crippen molar-refractivity contribution in [3.63, 3.8) is 0 Å². The summed E-state index contributed by atoms with van der Waals surface area (Å²) in [5, 5.41) is 3.30. The molecular formula is C31H36ClN3O5S. The van der Waals surface area contributed by atoms with Crippen LogP contribution in [0.15, 0.2) is 83.8 Å². The molecule has 1 aliphatic carbocycles. The Bertz CT molecular complexity index is 1430. The van der Waals surface area contributed by atoms with E-state index in [4.69, 9.17) is 16.3 Å². The summed E-state index contributed by atoms with van der Waals surface area (Å²) < 4.78 is 34.0. The van der Waals surface area contributed by atoms with Crippen LogP contribution in [-0.2, 0) is 26.2 Å². The summed E-state index contributed by atoms with van der Waals surface area (Å²) in [5.41, 5.74) is 0.959. The molecule has 0 heterocycles. The van der Waals surface area contributed by atoms with Gasteiger partial charge < -0.3 is 15.0 Å². The van der Waals surface area contributed by atoms with Crippen LogP contribution in [-0.4, -0.2) is 50.9 Å². The topological polar surface area (TPSA) is 96.0 Å². The highest BCUT2D eigenvalue weighted by Crippen LogP contribution is 2.31. The third kappa shape index (κ3) is 7.40. The van der Waals surface area contributed by atoms with Gasteiger partial charge in [0.25, 0.3) is 10.0 Å². The molecule has 0 aromatic heterocycles. The Morgan fingerprint density at radius 1 is 0.976 bits per heavy atom. The van der Waals surface area contributed by atoms with Crippen molar-refractivity contribution in [1.82, 2.24) is 10.2 Å². The number of hydrogen-bond acceptors (Lipinski definition) is 5. The first-order valence-corrected chi connectivity index (χ1v) is 15.6. The van der Waals surface area contributed by atoms with Gasteiger partial charge in [-0.25, -0.2) is 8.42 Å². The van der Waals surface area contributed by atoms with Gasteiger partial charge in [0.2, 0.25) is 11.8 Å². The van der Waals surface area contributed by atoms with Gasteiger partial charge in [0.15, 0.2) is 0 Å². The van der Waals surface area contributed by atoms with E-state index in [0.717, 1.165) is 35.6 Å². The average Bonchev–Trinajstić information content (AvgIpc) is 3.50. The van der Waals surface area contributed by atoms with Crippen LogP contribution in [0.3, 0.4) is 0 Å². The molecule has 0 saturated heterocycles. The Hall–Kier alpha value is -3.56. The molecule has 4 rings (SSSR count). The monoisotopic (exact) mass is 597 g/mol. The predicted octanol–water partition coefficient (Wildman–Crippen LogP) is 5.41. The summed E-state index contributed by atoms with van der Waals surface area (Å²) in [6.45, 7) is 1.42. The number of halogens is 1. The highest BCUT2D eigenvalue weighted by Gasteiger charge is 2.35. The van der Waals surface area contributed by atoms with E-state index < -0.39 is 28.5 Å². The predicted molar refractivity (Wildman–Crippen MR) is 160 cm³/mol. The number of ether oxygens (including phenoxy) is 1. The molecule has 41 heavy (non-hydrogen) atoms. The lowest BCUT2D eigenvalue weighted by Gasteiger charge is -2.34. The van der Waals surface area contributed by atoms with E-state index >= 15 is 0 Å². The molecule has 0 radical (unpaired) electrons. The summed E-state index contributed by atoms with van der Waals surface area (Å²) in [4.78, 5) is 29.2. The first kappa shape index (κ1) is 30.4. The molecule has 1 aliphatic rings. The SMILES string of the molecule is CC[C@H](C(=O)NC1CCCC1)N(Cc1ccc(OC)cc1)C(=O)CN(c1ccccc1Cl)S(=O)(=O)c1ccccc1. The molecule has 0 unspecified atom stereocenters. The second-order valence-corrected chi connectivity index (χ2v) is 12.3. The Labute approximate surface area is 247 Å². The van der Waals surface area contributed by atoms with Crippen molar-refractivity contribution in [2.24, 2.45) is 0 Å². The Morgan fingerprint density at radius 2 is 1.61 bits per heavy atom. The second-order valence-electron chi connectivity index (χ2n) is 10.1. The number of para-hydroxylation sites is 1. The zero-order valence-corrected chi connectivity index (χ0v) is 24.9. The Balaban J connectivity index is 1.71. The van der Waals surface area contributed by atoms with Crippen molar-refractivity contribution in [2.45, 2.75) is 62.6 Å². The smallest absolute Gasteiger partial charge is 0.264 e.